The highest BCUT2D eigenvalue weighted by Crippen LogP contribution is 1.76. The molecule has 0 aliphatic rings. The summed E-state index contributed by atoms with van der Waals surface area (Å²) >= 11 is 2.63. The van der Waals surface area contributed by atoms with Gasteiger partial charge in [0.2, 0.25) is 0 Å². The maximum atomic E-state index is 2.63. The number of rotatable bonds is 0. The molecular weight excluding hydrogens is 131 g/mol. The molecule has 0 atom stereocenters. The number of hydrogen-bond donors (Lipinski definition) is 0. The molecule has 0 fully saturated rings. The topological polar surface area (TPSA) is 63.0 Å². The summed E-state index contributed by atoms with van der Waals surface area (Å²) in [6.07, 6.45) is 0. The summed E-state index contributed by atoms with van der Waals surface area (Å²) in [6, 6.07) is 10.1. The van der Waals surface area contributed by atoms with E-state index >= 15 is 0 Å². The second-order valence-electron chi connectivity index (χ2n) is 1.41. The highest BCUT2D eigenvalue weighted by Gasteiger charge is 1.71. The normalized spacial score (nSPS) is 6.67. The molecule has 1 aromatic carbocycles. The van der Waals surface area contributed by atoms with E-state index < -0.39 is 0 Å². The first-order valence-electron chi connectivity index (χ1n) is 2.20. The van der Waals surface area contributed by atoms with Crippen molar-refractivity contribution >= 4 is 20.7 Å². The van der Waals surface area contributed by atoms with Crippen molar-refractivity contribution in [2.24, 2.45) is 0 Å². The molecule has 2 radical (unpaired) electrons. The van der Waals surface area contributed by atoms with E-state index in [0.29, 0.717) is 0 Å². The Hall–Kier alpha value is -0.328. The zero-order valence-electron chi connectivity index (χ0n) is 4.96. The van der Waals surface area contributed by atoms with E-state index in [1.54, 1.807) is 0 Å². The summed E-state index contributed by atoms with van der Waals surface area (Å²) in [5.41, 5.74) is 0. The van der Waals surface area contributed by atoms with Gasteiger partial charge in [-0.15, -0.1) is 4.43 Å². The molecule has 3 heteroatoms. The Morgan fingerprint density at radius 1 is 0.889 bits per heavy atom. The van der Waals surface area contributed by atoms with Crippen LogP contribution in [0.4, 0.5) is 0 Å². The molecule has 0 amide bonds. The third-order valence-electron chi connectivity index (χ3n) is 0.800. The molecule has 0 aliphatic heterocycles. The van der Waals surface area contributed by atoms with E-state index in [9.17, 15) is 0 Å². The fourth-order valence-electron chi connectivity index (χ4n) is 0.453. The van der Waals surface area contributed by atoms with E-state index in [4.69, 9.17) is 0 Å². The molecule has 0 bridgehead atoms. The highest BCUT2D eigenvalue weighted by molar-refractivity contribution is 6.32. The van der Waals surface area contributed by atoms with Crippen LogP contribution >= 0.6 is 0 Å². The lowest BCUT2D eigenvalue weighted by Crippen LogP contribution is -1.97. The first-order chi connectivity index (χ1) is 3.39. The summed E-state index contributed by atoms with van der Waals surface area (Å²) in [7, 11) is 0. The first kappa shape index (κ1) is 11.5. The molecule has 9 heavy (non-hydrogen) atoms. The van der Waals surface area contributed by atoms with Gasteiger partial charge in [-0.25, -0.2) is 0 Å². The highest BCUT2D eigenvalue weighted by atomic mass is 27.0. The van der Waals surface area contributed by atoms with Gasteiger partial charge in [-0.2, -0.15) is 0 Å². The van der Waals surface area contributed by atoms with E-state index in [1.165, 1.54) is 4.43 Å². The van der Waals surface area contributed by atoms with Gasteiger partial charge in [0, 0.05) is 0 Å². The molecule has 1 rings (SSSR count). The lowest BCUT2D eigenvalue weighted by Gasteiger charge is -1.84. The van der Waals surface area contributed by atoms with Gasteiger partial charge in [0.05, 0.1) is 0 Å². The standard InChI is InChI=1S/C6H5.Al.2H2O/c1-2-4-6-5-3-1;;;/h1-5H;;2*1H2. The van der Waals surface area contributed by atoms with Crippen LogP contribution in [-0.2, 0) is 0 Å². The van der Waals surface area contributed by atoms with Crippen molar-refractivity contribution in [3.05, 3.63) is 30.3 Å². The molecule has 0 spiro atoms. The van der Waals surface area contributed by atoms with Gasteiger partial charge in [0.1, 0.15) is 0 Å². The number of hydrogen-bond acceptors (Lipinski definition) is 0. The van der Waals surface area contributed by atoms with Gasteiger partial charge >= 0.3 is 0 Å². The van der Waals surface area contributed by atoms with Crippen LogP contribution in [0.25, 0.3) is 0 Å². The summed E-state index contributed by atoms with van der Waals surface area (Å²) < 4.78 is 1.24. The monoisotopic (exact) mass is 140 g/mol. The van der Waals surface area contributed by atoms with Gasteiger partial charge < -0.3 is 11.0 Å². The zero-order valence-corrected chi connectivity index (χ0v) is 6.12. The van der Waals surface area contributed by atoms with Crippen molar-refractivity contribution in [2.75, 3.05) is 0 Å². The molecule has 48 valence electrons. The minimum atomic E-state index is 0. The maximum absolute atomic E-state index is 2.63. The van der Waals surface area contributed by atoms with Crippen molar-refractivity contribution in [3.63, 3.8) is 0 Å². The van der Waals surface area contributed by atoms with E-state index in [1.807, 2.05) is 30.3 Å². The van der Waals surface area contributed by atoms with E-state index in [0.717, 1.165) is 0 Å². The van der Waals surface area contributed by atoms with E-state index in [-0.39, 0.29) is 11.0 Å². The van der Waals surface area contributed by atoms with Crippen LogP contribution in [0, 0.1) is 0 Å². The van der Waals surface area contributed by atoms with Crippen LogP contribution in [0.5, 0.6) is 0 Å². The molecule has 0 saturated carbocycles. The fourth-order valence-corrected chi connectivity index (χ4v) is 0.675. The maximum Gasteiger partial charge on any atom is 0.175 e. The molecule has 0 aromatic heterocycles. The van der Waals surface area contributed by atoms with Crippen LogP contribution < -0.4 is 4.43 Å². The smallest absolute Gasteiger partial charge is 0.175 e. The van der Waals surface area contributed by atoms with Crippen LogP contribution in [0.15, 0.2) is 30.3 Å². The molecule has 4 N–H and O–H groups in total. The average molecular weight is 140 g/mol. The van der Waals surface area contributed by atoms with Crippen molar-refractivity contribution in [2.45, 2.75) is 0 Å². The van der Waals surface area contributed by atoms with Crippen molar-refractivity contribution < 1.29 is 11.0 Å². The second-order valence-corrected chi connectivity index (χ2v) is 2.08. The summed E-state index contributed by atoms with van der Waals surface area (Å²) in [6.45, 7) is 0. The second kappa shape index (κ2) is 5.80. The average Bonchev–Trinajstić information content (AvgIpc) is 1.69. The SMILES string of the molecule is O.O.[Al][c]1ccccc1. The van der Waals surface area contributed by atoms with Crippen LogP contribution in [-0.4, -0.2) is 27.2 Å². The lowest BCUT2D eigenvalue weighted by atomic mass is 10.4. The van der Waals surface area contributed by atoms with Crippen LogP contribution in [0.3, 0.4) is 0 Å². The first-order valence-corrected chi connectivity index (χ1v) is 2.78. The predicted octanol–water partition coefficient (Wildman–Crippen LogP) is -1.17. The third-order valence-corrected chi connectivity index (χ3v) is 1.18. The molecule has 1 aromatic rings. The van der Waals surface area contributed by atoms with Gasteiger partial charge in [-0.1, -0.05) is 30.3 Å². The third kappa shape index (κ3) is 4.19. The number of benzene rings is 1. The molecule has 2 nitrogen and oxygen atoms in total. The lowest BCUT2D eigenvalue weighted by molar-refractivity contribution is 0.823. The molecule has 0 aliphatic carbocycles. The molecule has 0 unspecified atom stereocenters. The van der Waals surface area contributed by atoms with E-state index in [2.05, 4.69) is 16.3 Å². The van der Waals surface area contributed by atoms with Crippen molar-refractivity contribution in [1.29, 1.82) is 0 Å². The minimum absolute atomic E-state index is 0. The zero-order chi connectivity index (χ0) is 5.11. The minimum Gasteiger partial charge on any atom is -0.412 e. The van der Waals surface area contributed by atoms with Crippen molar-refractivity contribution in [1.82, 2.24) is 0 Å². The molecular formula is C6H9AlO2. The molecule has 0 heterocycles. The summed E-state index contributed by atoms with van der Waals surface area (Å²) in [5, 5.41) is 0. The van der Waals surface area contributed by atoms with Crippen LogP contribution in [0.1, 0.15) is 0 Å². The Balaban J connectivity index is 0. The van der Waals surface area contributed by atoms with Crippen LogP contribution in [0.2, 0.25) is 0 Å². The van der Waals surface area contributed by atoms with Gasteiger partial charge in [0.15, 0.2) is 16.3 Å². The van der Waals surface area contributed by atoms with Gasteiger partial charge in [0.25, 0.3) is 0 Å². The Morgan fingerprint density at radius 2 is 1.33 bits per heavy atom. The largest absolute Gasteiger partial charge is 0.412 e. The fraction of sp³-hybridized carbons (Fsp3) is 0. The Kier molecular flexibility index (Phi) is 7.39. The Bertz CT molecular complexity index is 141. The summed E-state index contributed by atoms with van der Waals surface area (Å²) in [5.74, 6) is 0. The van der Waals surface area contributed by atoms with Crippen molar-refractivity contribution in [3.8, 4) is 0 Å². The Morgan fingerprint density at radius 3 is 1.56 bits per heavy atom. The summed E-state index contributed by atoms with van der Waals surface area (Å²) in [4.78, 5) is 0. The molecule has 0 saturated heterocycles. The predicted molar refractivity (Wildman–Crippen MR) is 39.1 cm³/mol. The Labute approximate surface area is 62.6 Å². The van der Waals surface area contributed by atoms with Gasteiger partial charge in [-0.3, -0.25) is 0 Å². The quantitative estimate of drug-likeness (QED) is 0.408. The van der Waals surface area contributed by atoms with Gasteiger partial charge in [-0.05, 0) is 0 Å².